The fourth-order valence-corrected chi connectivity index (χ4v) is 3.09. The molecule has 0 aromatic heterocycles. The van der Waals surface area contributed by atoms with Crippen LogP contribution < -0.4 is 0 Å². The number of rotatable bonds is 4. The van der Waals surface area contributed by atoms with Crippen molar-refractivity contribution >= 4 is 5.91 Å². The molecule has 2 atom stereocenters. The number of hydrogen-bond acceptors (Lipinski definition) is 2. The van der Waals surface area contributed by atoms with Gasteiger partial charge in [-0.2, -0.15) is 0 Å². The lowest BCUT2D eigenvalue weighted by atomic mass is 9.67. The third-order valence-corrected chi connectivity index (χ3v) is 4.31. The standard InChI is InChI=1S/C17H23NO.C3H8.C2H6.CH4O/c1-4-5-8-14(2)13-18-12-11-17(3)10-7-6-9-15(17)16(18)19;1-3-2;2*1-2/h4-5,7-8,10,15H,1-2,6,9,11-13H2,3H3;3H2,1-2H3;1-2H3;2H,1H3/b8-5-;;;. The molecule has 0 spiro atoms. The van der Waals surface area contributed by atoms with E-state index in [4.69, 9.17) is 5.11 Å². The number of likely N-dealkylation sites (tertiary alicyclic amines) is 1. The number of hydrogen-bond donors (Lipinski definition) is 1. The van der Waals surface area contributed by atoms with Crippen LogP contribution in [0.25, 0.3) is 0 Å². The molecule has 0 bridgehead atoms. The molecule has 1 aliphatic carbocycles. The average Bonchev–Trinajstić information content (AvgIpc) is 2.66. The van der Waals surface area contributed by atoms with E-state index in [-0.39, 0.29) is 11.3 Å². The molecule has 3 nitrogen and oxygen atoms in total. The molecular weight excluding hydrogens is 322 g/mol. The number of allylic oxidation sites excluding steroid dienone is 4. The molecule has 0 aromatic carbocycles. The van der Waals surface area contributed by atoms with Crippen LogP contribution in [0.2, 0.25) is 0 Å². The molecule has 1 amide bonds. The Labute approximate surface area is 162 Å². The molecule has 0 radical (unpaired) electrons. The molecular formula is C23H41NO2. The maximum atomic E-state index is 12.6. The summed E-state index contributed by atoms with van der Waals surface area (Å²) in [7, 11) is 1.00. The van der Waals surface area contributed by atoms with Gasteiger partial charge in [-0.3, -0.25) is 4.79 Å². The summed E-state index contributed by atoms with van der Waals surface area (Å²) in [6.07, 6.45) is 14.3. The van der Waals surface area contributed by atoms with E-state index in [0.717, 1.165) is 38.5 Å². The maximum absolute atomic E-state index is 12.6. The summed E-state index contributed by atoms with van der Waals surface area (Å²) in [5, 5.41) is 7.00. The van der Waals surface area contributed by atoms with Gasteiger partial charge >= 0.3 is 0 Å². The predicted octanol–water partition coefficient (Wildman–Crippen LogP) is 5.54. The number of aliphatic hydroxyl groups is 1. The Morgan fingerprint density at radius 3 is 2.50 bits per heavy atom. The molecule has 1 heterocycles. The Kier molecular flexibility index (Phi) is 16.0. The molecule has 2 rings (SSSR count). The van der Waals surface area contributed by atoms with Gasteiger partial charge in [-0.05, 0) is 30.3 Å². The van der Waals surface area contributed by atoms with Crippen LogP contribution in [0.3, 0.4) is 0 Å². The van der Waals surface area contributed by atoms with E-state index in [1.165, 1.54) is 6.42 Å². The quantitative estimate of drug-likeness (QED) is 0.526. The highest BCUT2D eigenvalue weighted by Crippen LogP contribution is 2.43. The van der Waals surface area contributed by atoms with E-state index in [1.807, 2.05) is 30.9 Å². The molecule has 1 aliphatic heterocycles. The number of nitrogens with zero attached hydrogens (tertiary/aromatic N) is 1. The van der Waals surface area contributed by atoms with Crippen molar-refractivity contribution in [3.8, 4) is 0 Å². The number of carbonyl (C=O) groups is 1. The molecule has 0 aromatic rings. The summed E-state index contributed by atoms with van der Waals surface area (Å²) in [5.74, 6) is 0.452. The summed E-state index contributed by atoms with van der Waals surface area (Å²) < 4.78 is 0. The third kappa shape index (κ3) is 8.66. The SMILES string of the molecule is C=C/C=C\C(=C)CN1CCC2(C)C=CCCC2C1=O.CC.CCC.CO. The van der Waals surface area contributed by atoms with Crippen molar-refractivity contribution in [3.05, 3.63) is 49.1 Å². The van der Waals surface area contributed by atoms with Crippen LogP contribution in [0.15, 0.2) is 49.1 Å². The molecule has 2 unspecified atom stereocenters. The minimum Gasteiger partial charge on any atom is -0.400 e. The Morgan fingerprint density at radius 1 is 1.38 bits per heavy atom. The van der Waals surface area contributed by atoms with E-state index in [1.54, 1.807) is 6.08 Å². The van der Waals surface area contributed by atoms with Gasteiger partial charge in [-0.1, -0.05) is 84.6 Å². The number of amides is 1. The van der Waals surface area contributed by atoms with E-state index >= 15 is 0 Å². The summed E-state index contributed by atoms with van der Waals surface area (Å²) in [6, 6.07) is 0. The van der Waals surface area contributed by atoms with E-state index in [0.29, 0.717) is 12.5 Å². The zero-order valence-corrected chi connectivity index (χ0v) is 17.9. The number of fused-ring (bicyclic) bond motifs is 1. The zero-order chi connectivity index (χ0) is 20.6. The molecule has 1 saturated heterocycles. The van der Waals surface area contributed by atoms with Gasteiger partial charge in [-0.15, -0.1) is 0 Å². The van der Waals surface area contributed by atoms with Crippen molar-refractivity contribution in [2.75, 3.05) is 20.2 Å². The van der Waals surface area contributed by atoms with Gasteiger partial charge in [0.2, 0.25) is 5.91 Å². The van der Waals surface area contributed by atoms with Crippen LogP contribution >= 0.6 is 0 Å². The van der Waals surface area contributed by atoms with Gasteiger partial charge in [-0.25, -0.2) is 0 Å². The highest BCUT2D eigenvalue weighted by atomic mass is 16.2. The van der Waals surface area contributed by atoms with Crippen LogP contribution in [0, 0.1) is 11.3 Å². The summed E-state index contributed by atoms with van der Waals surface area (Å²) >= 11 is 0. The smallest absolute Gasteiger partial charge is 0.226 e. The van der Waals surface area contributed by atoms with Gasteiger partial charge < -0.3 is 10.0 Å². The second-order valence-electron chi connectivity index (χ2n) is 6.51. The van der Waals surface area contributed by atoms with Crippen molar-refractivity contribution in [1.29, 1.82) is 0 Å². The van der Waals surface area contributed by atoms with E-state index in [9.17, 15) is 4.79 Å². The first-order valence-corrected chi connectivity index (χ1v) is 9.86. The van der Waals surface area contributed by atoms with Crippen molar-refractivity contribution in [2.24, 2.45) is 11.3 Å². The zero-order valence-electron chi connectivity index (χ0n) is 17.9. The van der Waals surface area contributed by atoms with Crippen molar-refractivity contribution < 1.29 is 9.90 Å². The number of carbonyl (C=O) groups excluding carboxylic acids is 1. The van der Waals surface area contributed by atoms with Crippen LogP contribution in [-0.4, -0.2) is 36.1 Å². The molecule has 1 fully saturated rings. The van der Waals surface area contributed by atoms with Crippen molar-refractivity contribution in [1.82, 2.24) is 4.90 Å². The van der Waals surface area contributed by atoms with Gasteiger partial charge in [0.1, 0.15) is 0 Å². The Bertz CT molecular complexity index is 465. The minimum atomic E-state index is 0.0735. The molecule has 0 saturated carbocycles. The third-order valence-electron chi connectivity index (χ3n) is 4.31. The summed E-state index contributed by atoms with van der Waals surface area (Å²) in [5.41, 5.74) is 1.03. The monoisotopic (exact) mass is 363 g/mol. The maximum Gasteiger partial charge on any atom is 0.226 e. The van der Waals surface area contributed by atoms with Gasteiger partial charge in [0.25, 0.3) is 0 Å². The highest BCUT2D eigenvalue weighted by molar-refractivity contribution is 5.81. The second-order valence-corrected chi connectivity index (χ2v) is 6.51. The Morgan fingerprint density at radius 2 is 1.96 bits per heavy atom. The van der Waals surface area contributed by atoms with Gasteiger partial charge in [0.15, 0.2) is 0 Å². The van der Waals surface area contributed by atoms with Crippen molar-refractivity contribution in [2.45, 2.75) is 60.3 Å². The minimum absolute atomic E-state index is 0.0735. The molecule has 3 heteroatoms. The van der Waals surface area contributed by atoms with Crippen LogP contribution in [0.5, 0.6) is 0 Å². The largest absolute Gasteiger partial charge is 0.400 e. The first-order chi connectivity index (χ1) is 12.5. The molecule has 150 valence electrons. The topological polar surface area (TPSA) is 40.5 Å². The van der Waals surface area contributed by atoms with Gasteiger partial charge in [0, 0.05) is 26.1 Å². The average molecular weight is 364 g/mol. The molecule has 2 aliphatic rings. The second kappa shape index (κ2) is 15.6. The van der Waals surface area contributed by atoms with E-state index < -0.39 is 0 Å². The van der Waals surface area contributed by atoms with Gasteiger partial charge in [0.05, 0.1) is 0 Å². The molecule has 26 heavy (non-hydrogen) atoms. The Balaban J connectivity index is 0. The summed E-state index contributed by atoms with van der Waals surface area (Å²) in [6.45, 7) is 19.6. The fourth-order valence-electron chi connectivity index (χ4n) is 3.09. The fraction of sp³-hybridized carbons (Fsp3) is 0.609. The number of aliphatic hydroxyl groups excluding tert-OH is 1. The lowest BCUT2D eigenvalue weighted by Gasteiger charge is -2.45. The first-order valence-electron chi connectivity index (χ1n) is 9.86. The lowest BCUT2D eigenvalue weighted by molar-refractivity contribution is -0.143. The summed E-state index contributed by atoms with van der Waals surface area (Å²) in [4.78, 5) is 14.5. The molecule has 1 N–H and O–H groups in total. The number of piperidine rings is 1. The first kappa shape index (κ1) is 26.6. The van der Waals surface area contributed by atoms with Crippen LogP contribution in [-0.2, 0) is 4.79 Å². The van der Waals surface area contributed by atoms with E-state index in [2.05, 4.69) is 46.1 Å². The predicted molar refractivity (Wildman–Crippen MR) is 115 cm³/mol. The van der Waals surface area contributed by atoms with Crippen molar-refractivity contribution in [3.63, 3.8) is 0 Å². The Hall–Kier alpha value is -1.61. The van der Waals surface area contributed by atoms with Crippen LogP contribution in [0.4, 0.5) is 0 Å². The normalized spacial score (nSPS) is 23.4. The lowest BCUT2D eigenvalue weighted by Crippen LogP contribution is -2.50. The highest BCUT2D eigenvalue weighted by Gasteiger charge is 2.43. The van der Waals surface area contributed by atoms with Crippen LogP contribution in [0.1, 0.15) is 60.3 Å².